The summed E-state index contributed by atoms with van der Waals surface area (Å²) in [6.45, 7) is 3.74. The zero-order valence-corrected chi connectivity index (χ0v) is 16.9. The standard InChI is InChI=1S/C19H28N2O2.C2H2O4/c1-23-18-10-8-16(9-11-18)19(22)21-14-12-20(13-15-21)17-6-4-2-3-5-7-17;3-1(4)2(5)6/h8-11,17H,2-7,12-15H2,1H3;(H,3,4)(H,5,6). The molecule has 0 bridgehead atoms. The van der Waals surface area contributed by atoms with Gasteiger partial charge in [-0.1, -0.05) is 25.7 Å². The normalized spacial score (nSPS) is 18.2. The predicted octanol–water partition coefficient (Wildman–Crippen LogP) is 2.33. The summed E-state index contributed by atoms with van der Waals surface area (Å²) in [4.78, 5) is 35.4. The van der Waals surface area contributed by atoms with Gasteiger partial charge in [-0.25, -0.2) is 9.59 Å². The number of carbonyl (C=O) groups is 3. The molecule has 1 aliphatic carbocycles. The minimum absolute atomic E-state index is 0.146. The second kappa shape index (κ2) is 11.4. The van der Waals surface area contributed by atoms with Crippen molar-refractivity contribution in [2.45, 2.75) is 44.6 Å². The molecule has 0 aromatic heterocycles. The van der Waals surface area contributed by atoms with E-state index in [0.717, 1.165) is 43.5 Å². The summed E-state index contributed by atoms with van der Waals surface area (Å²) < 4.78 is 5.15. The van der Waals surface area contributed by atoms with Crippen molar-refractivity contribution in [3.63, 3.8) is 0 Å². The molecule has 29 heavy (non-hydrogen) atoms. The lowest BCUT2D eigenvalue weighted by atomic mass is 10.1. The number of rotatable bonds is 3. The number of aliphatic carboxylic acids is 2. The van der Waals surface area contributed by atoms with Crippen molar-refractivity contribution < 1.29 is 29.3 Å². The van der Waals surface area contributed by atoms with Gasteiger partial charge < -0.3 is 19.8 Å². The Hall–Kier alpha value is -2.61. The molecule has 2 aliphatic rings. The van der Waals surface area contributed by atoms with Crippen LogP contribution in [0.15, 0.2) is 24.3 Å². The third kappa shape index (κ3) is 7.05. The van der Waals surface area contributed by atoms with Gasteiger partial charge in [-0.3, -0.25) is 9.69 Å². The highest BCUT2D eigenvalue weighted by atomic mass is 16.5. The number of hydrogen-bond acceptors (Lipinski definition) is 5. The molecule has 0 atom stereocenters. The Bertz CT molecular complexity index is 663. The topological polar surface area (TPSA) is 107 Å². The van der Waals surface area contributed by atoms with E-state index in [2.05, 4.69) is 4.90 Å². The molecule has 1 saturated carbocycles. The van der Waals surface area contributed by atoms with E-state index in [1.54, 1.807) is 7.11 Å². The first-order valence-corrected chi connectivity index (χ1v) is 10.1. The van der Waals surface area contributed by atoms with Gasteiger partial charge in [-0.2, -0.15) is 0 Å². The average molecular weight is 406 g/mol. The van der Waals surface area contributed by atoms with Crippen molar-refractivity contribution >= 4 is 17.8 Å². The van der Waals surface area contributed by atoms with E-state index in [-0.39, 0.29) is 5.91 Å². The molecule has 1 amide bonds. The van der Waals surface area contributed by atoms with Crippen LogP contribution in [0.25, 0.3) is 0 Å². The zero-order chi connectivity index (χ0) is 21.2. The number of carbonyl (C=O) groups excluding carboxylic acids is 1. The van der Waals surface area contributed by atoms with Gasteiger partial charge in [0, 0.05) is 37.8 Å². The van der Waals surface area contributed by atoms with Crippen LogP contribution in [0.2, 0.25) is 0 Å². The van der Waals surface area contributed by atoms with Crippen molar-refractivity contribution in [2.75, 3.05) is 33.3 Å². The maximum Gasteiger partial charge on any atom is 0.414 e. The van der Waals surface area contributed by atoms with Crippen LogP contribution in [0.1, 0.15) is 48.9 Å². The quantitative estimate of drug-likeness (QED) is 0.586. The lowest BCUT2D eigenvalue weighted by Gasteiger charge is -2.39. The molecule has 0 radical (unpaired) electrons. The van der Waals surface area contributed by atoms with Gasteiger partial charge >= 0.3 is 11.9 Å². The van der Waals surface area contributed by atoms with Crippen molar-refractivity contribution in [2.24, 2.45) is 0 Å². The molecule has 160 valence electrons. The smallest absolute Gasteiger partial charge is 0.414 e. The number of carboxylic acids is 2. The molecule has 8 nitrogen and oxygen atoms in total. The molecule has 2 N–H and O–H groups in total. The van der Waals surface area contributed by atoms with Gasteiger partial charge in [0.15, 0.2) is 0 Å². The summed E-state index contributed by atoms with van der Waals surface area (Å²) in [6.07, 6.45) is 8.21. The number of ether oxygens (including phenoxy) is 1. The van der Waals surface area contributed by atoms with Crippen LogP contribution in [0, 0.1) is 0 Å². The number of carboxylic acid groups (broad SMARTS) is 2. The SMILES string of the molecule is COc1ccc(C(=O)N2CCN(C3CCCCCC3)CC2)cc1.O=C(O)C(=O)O. The lowest BCUT2D eigenvalue weighted by Crippen LogP contribution is -2.51. The van der Waals surface area contributed by atoms with Gasteiger partial charge in [0.2, 0.25) is 0 Å². The Balaban J connectivity index is 0.000000438. The fourth-order valence-corrected chi connectivity index (χ4v) is 3.83. The second-order valence-electron chi connectivity index (χ2n) is 7.31. The summed E-state index contributed by atoms with van der Waals surface area (Å²) in [5.41, 5.74) is 0.758. The average Bonchev–Trinajstić information content (AvgIpc) is 3.03. The molecule has 3 rings (SSSR count). The third-order valence-corrected chi connectivity index (χ3v) is 5.46. The molecule has 2 fully saturated rings. The summed E-state index contributed by atoms with van der Waals surface area (Å²) in [6, 6.07) is 8.18. The Morgan fingerprint density at radius 2 is 1.38 bits per heavy atom. The van der Waals surface area contributed by atoms with Gasteiger partial charge in [-0.15, -0.1) is 0 Å². The fraction of sp³-hybridized carbons (Fsp3) is 0.571. The molecule has 1 aliphatic heterocycles. The molecule has 1 aromatic carbocycles. The first-order chi connectivity index (χ1) is 13.9. The molecular weight excluding hydrogens is 376 g/mol. The van der Waals surface area contributed by atoms with Gasteiger partial charge in [0.1, 0.15) is 5.75 Å². The molecular formula is C21H30N2O6. The lowest BCUT2D eigenvalue weighted by molar-refractivity contribution is -0.159. The van der Waals surface area contributed by atoms with Crippen molar-refractivity contribution in [3.05, 3.63) is 29.8 Å². The maximum atomic E-state index is 12.6. The second-order valence-corrected chi connectivity index (χ2v) is 7.31. The van der Waals surface area contributed by atoms with E-state index >= 15 is 0 Å². The highest BCUT2D eigenvalue weighted by Crippen LogP contribution is 2.23. The van der Waals surface area contributed by atoms with Crippen LogP contribution in [0.3, 0.4) is 0 Å². The Labute approximate surface area is 171 Å². The van der Waals surface area contributed by atoms with Crippen molar-refractivity contribution in [1.29, 1.82) is 0 Å². The molecule has 1 heterocycles. The number of amides is 1. The van der Waals surface area contributed by atoms with Crippen LogP contribution >= 0.6 is 0 Å². The third-order valence-electron chi connectivity index (χ3n) is 5.46. The molecule has 1 saturated heterocycles. The van der Waals surface area contributed by atoms with Crippen LogP contribution in [-0.2, 0) is 9.59 Å². The molecule has 8 heteroatoms. The van der Waals surface area contributed by atoms with Crippen LogP contribution in [0.4, 0.5) is 0 Å². The highest BCUT2D eigenvalue weighted by Gasteiger charge is 2.26. The Morgan fingerprint density at radius 3 is 1.83 bits per heavy atom. The first-order valence-electron chi connectivity index (χ1n) is 10.1. The minimum atomic E-state index is -1.82. The summed E-state index contributed by atoms with van der Waals surface area (Å²) in [5.74, 6) is -2.71. The summed E-state index contributed by atoms with van der Waals surface area (Å²) in [7, 11) is 1.64. The summed E-state index contributed by atoms with van der Waals surface area (Å²) >= 11 is 0. The van der Waals surface area contributed by atoms with Gasteiger partial charge in [0.05, 0.1) is 7.11 Å². The fourth-order valence-electron chi connectivity index (χ4n) is 3.83. The number of nitrogens with zero attached hydrogens (tertiary/aromatic N) is 2. The van der Waals surface area contributed by atoms with E-state index in [4.69, 9.17) is 24.5 Å². The number of benzene rings is 1. The number of methoxy groups -OCH3 is 1. The first kappa shape index (κ1) is 22.7. The van der Waals surface area contributed by atoms with Crippen LogP contribution < -0.4 is 4.74 Å². The van der Waals surface area contributed by atoms with Crippen LogP contribution in [-0.4, -0.2) is 77.2 Å². The highest BCUT2D eigenvalue weighted by molar-refractivity contribution is 6.27. The largest absolute Gasteiger partial charge is 0.497 e. The van der Waals surface area contributed by atoms with Crippen LogP contribution in [0.5, 0.6) is 5.75 Å². The Kier molecular flexibility index (Phi) is 8.92. The number of piperazine rings is 1. The van der Waals surface area contributed by atoms with E-state index in [9.17, 15) is 4.79 Å². The maximum absolute atomic E-state index is 12.6. The van der Waals surface area contributed by atoms with Crippen molar-refractivity contribution in [1.82, 2.24) is 9.80 Å². The predicted molar refractivity (Wildman–Crippen MR) is 107 cm³/mol. The molecule has 1 aromatic rings. The van der Waals surface area contributed by atoms with E-state index in [0.29, 0.717) is 0 Å². The van der Waals surface area contributed by atoms with E-state index in [1.165, 1.54) is 38.5 Å². The number of hydrogen-bond donors (Lipinski definition) is 2. The van der Waals surface area contributed by atoms with Gasteiger partial charge in [-0.05, 0) is 37.1 Å². The van der Waals surface area contributed by atoms with Crippen molar-refractivity contribution in [3.8, 4) is 5.75 Å². The van der Waals surface area contributed by atoms with E-state index < -0.39 is 11.9 Å². The zero-order valence-electron chi connectivity index (χ0n) is 16.9. The Morgan fingerprint density at radius 1 is 0.862 bits per heavy atom. The molecule has 0 spiro atoms. The molecule has 0 unspecified atom stereocenters. The van der Waals surface area contributed by atoms with E-state index in [1.807, 2.05) is 29.2 Å². The van der Waals surface area contributed by atoms with Gasteiger partial charge in [0.25, 0.3) is 5.91 Å². The monoisotopic (exact) mass is 406 g/mol. The minimum Gasteiger partial charge on any atom is -0.497 e. The summed E-state index contributed by atoms with van der Waals surface area (Å²) in [5, 5.41) is 14.8.